The maximum atomic E-state index is 12.5. The Morgan fingerprint density at radius 3 is 2.70 bits per heavy atom. The number of piperidine rings is 1. The predicted molar refractivity (Wildman–Crippen MR) is 90.6 cm³/mol. The Bertz CT molecular complexity index is 690. The van der Waals surface area contributed by atoms with Crippen molar-refractivity contribution < 1.29 is 13.2 Å². The molecule has 1 N–H and O–H groups in total. The molecule has 3 rings (SSSR count). The van der Waals surface area contributed by atoms with Gasteiger partial charge in [-0.2, -0.15) is 12.7 Å². The quantitative estimate of drug-likeness (QED) is 0.917. The van der Waals surface area contributed by atoms with Crippen LogP contribution in [0.2, 0.25) is 0 Å². The maximum absolute atomic E-state index is 12.5. The van der Waals surface area contributed by atoms with Crippen LogP contribution >= 0.6 is 0 Å². The standard InChI is InChI=1S/C16H23N3O3S/c1-13-6-5-11-19(13)23(21,22)17-14-7-4-8-15(12-14)18-10-3-2-9-16(18)20/h4,7-8,12-13,17H,2-3,5-6,9-11H2,1H3. The van der Waals surface area contributed by atoms with Crippen LogP contribution in [-0.4, -0.2) is 37.8 Å². The van der Waals surface area contributed by atoms with Crippen molar-refractivity contribution in [2.24, 2.45) is 0 Å². The Kier molecular flexibility index (Phi) is 4.59. The molecule has 1 aromatic rings. The van der Waals surface area contributed by atoms with E-state index < -0.39 is 10.2 Å². The zero-order valence-electron chi connectivity index (χ0n) is 13.4. The first kappa shape index (κ1) is 16.3. The first-order valence-corrected chi connectivity index (χ1v) is 9.61. The maximum Gasteiger partial charge on any atom is 0.301 e. The van der Waals surface area contributed by atoms with Crippen LogP contribution in [0.3, 0.4) is 0 Å². The lowest BCUT2D eigenvalue weighted by Gasteiger charge is -2.27. The number of benzene rings is 1. The molecule has 0 aliphatic carbocycles. The fraction of sp³-hybridized carbons (Fsp3) is 0.562. The van der Waals surface area contributed by atoms with Gasteiger partial charge >= 0.3 is 10.2 Å². The number of hydrogen-bond acceptors (Lipinski definition) is 3. The lowest BCUT2D eigenvalue weighted by Crippen LogP contribution is -2.38. The largest absolute Gasteiger partial charge is 0.312 e. The molecule has 0 spiro atoms. The van der Waals surface area contributed by atoms with Crippen LogP contribution in [0.5, 0.6) is 0 Å². The van der Waals surface area contributed by atoms with E-state index in [1.807, 2.05) is 13.0 Å². The minimum absolute atomic E-state index is 0.0272. The van der Waals surface area contributed by atoms with Gasteiger partial charge < -0.3 is 4.90 Å². The highest BCUT2D eigenvalue weighted by Crippen LogP contribution is 2.26. The van der Waals surface area contributed by atoms with Crippen LogP contribution in [-0.2, 0) is 15.0 Å². The molecule has 1 atom stereocenters. The second-order valence-corrected chi connectivity index (χ2v) is 7.89. The molecule has 1 aromatic carbocycles. The van der Waals surface area contributed by atoms with Crippen molar-refractivity contribution >= 4 is 27.5 Å². The molecule has 2 aliphatic heterocycles. The number of hydrogen-bond donors (Lipinski definition) is 1. The second kappa shape index (κ2) is 6.49. The van der Waals surface area contributed by atoms with E-state index in [0.29, 0.717) is 25.2 Å². The van der Waals surface area contributed by atoms with Gasteiger partial charge in [0, 0.05) is 31.2 Å². The highest BCUT2D eigenvalue weighted by atomic mass is 32.2. The van der Waals surface area contributed by atoms with E-state index in [1.165, 1.54) is 4.31 Å². The van der Waals surface area contributed by atoms with Crippen molar-refractivity contribution in [1.29, 1.82) is 0 Å². The molecule has 0 aromatic heterocycles. The first-order valence-electron chi connectivity index (χ1n) is 8.17. The molecule has 1 amide bonds. The third-order valence-corrected chi connectivity index (χ3v) is 6.18. The SMILES string of the molecule is CC1CCCN1S(=O)(=O)Nc1cccc(N2CCCCC2=O)c1. The summed E-state index contributed by atoms with van der Waals surface area (Å²) in [5, 5.41) is 0. The summed E-state index contributed by atoms with van der Waals surface area (Å²) in [5.41, 5.74) is 1.25. The molecule has 2 aliphatic rings. The predicted octanol–water partition coefficient (Wildman–Crippen LogP) is 2.34. The second-order valence-electron chi connectivity index (χ2n) is 6.26. The number of carbonyl (C=O) groups is 1. The number of nitrogens with one attached hydrogen (secondary N) is 1. The molecule has 2 heterocycles. The van der Waals surface area contributed by atoms with E-state index in [9.17, 15) is 13.2 Å². The van der Waals surface area contributed by atoms with Gasteiger partial charge in [-0.15, -0.1) is 0 Å². The fourth-order valence-corrected chi connectivity index (χ4v) is 4.78. The van der Waals surface area contributed by atoms with Crippen molar-refractivity contribution in [2.45, 2.75) is 45.1 Å². The normalized spacial score (nSPS) is 23.3. The molecule has 6 nitrogen and oxygen atoms in total. The average Bonchev–Trinajstić information content (AvgIpc) is 2.95. The summed E-state index contributed by atoms with van der Waals surface area (Å²) in [7, 11) is -3.54. The average molecular weight is 337 g/mol. The van der Waals surface area contributed by atoms with E-state index >= 15 is 0 Å². The number of rotatable bonds is 4. The molecule has 0 saturated carbocycles. The summed E-state index contributed by atoms with van der Waals surface area (Å²) >= 11 is 0. The van der Waals surface area contributed by atoms with Gasteiger partial charge in [-0.1, -0.05) is 6.07 Å². The third-order valence-electron chi connectivity index (χ3n) is 4.53. The van der Waals surface area contributed by atoms with Gasteiger partial charge in [0.05, 0.1) is 5.69 Å². The Hall–Kier alpha value is -1.60. The van der Waals surface area contributed by atoms with Crippen molar-refractivity contribution in [1.82, 2.24) is 4.31 Å². The van der Waals surface area contributed by atoms with Crippen LogP contribution < -0.4 is 9.62 Å². The summed E-state index contributed by atoms with van der Waals surface area (Å²) in [4.78, 5) is 13.8. The summed E-state index contributed by atoms with van der Waals surface area (Å²) in [6.45, 7) is 3.17. The summed E-state index contributed by atoms with van der Waals surface area (Å²) in [5.74, 6) is 0.101. The van der Waals surface area contributed by atoms with Gasteiger partial charge in [0.1, 0.15) is 0 Å². The molecular formula is C16H23N3O3S. The monoisotopic (exact) mass is 337 g/mol. The van der Waals surface area contributed by atoms with Crippen molar-refractivity contribution in [2.75, 3.05) is 22.7 Å². The molecule has 0 bridgehead atoms. The third kappa shape index (κ3) is 3.50. The van der Waals surface area contributed by atoms with Crippen molar-refractivity contribution in [3.63, 3.8) is 0 Å². The Balaban J connectivity index is 1.78. The topological polar surface area (TPSA) is 69.7 Å². The molecule has 0 radical (unpaired) electrons. The van der Waals surface area contributed by atoms with Crippen LogP contribution in [0.1, 0.15) is 39.0 Å². The molecular weight excluding hydrogens is 314 g/mol. The van der Waals surface area contributed by atoms with Crippen molar-refractivity contribution in [3.05, 3.63) is 24.3 Å². The van der Waals surface area contributed by atoms with Gasteiger partial charge in [-0.05, 0) is 50.8 Å². The Labute approximate surface area is 137 Å². The Morgan fingerprint density at radius 2 is 2.00 bits per heavy atom. The first-order chi connectivity index (χ1) is 11.0. The highest BCUT2D eigenvalue weighted by molar-refractivity contribution is 7.90. The molecule has 23 heavy (non-hydrogen) atoms. The van der Waals surface area contributed by atoms with E-state index in [2.05, 4.69) is 4.72 Å². The smallest absolute Gasteiger partial charge is 0.301 e. The summed E-state index contributed by atoms with van der Waals surface area (Å²) < 4.78 is 29.1. The van der Waals surface area contributed by atoms with Crippen LogP contribution in [0.15, 0.2) is 24.3 Å². The van der Waals surface area contributed by atoms with E-state index in [1.54, 1.807) is 23.1 Å². The number of nitrogens with zero attached hydrogens (tertiary/aromatic N) is 2. The zero-order valence-corrected chi connectivity index (χ0v) is 14.2. The van der Waals surface area contributed by atoms with Gasteiger partial charge in [0.2, 0.25) is 5.91 Å². The highest BCUT2D eigenvalue weighted by Gasteiger charge is 2.31. The summed E-state index contributed by atoms with van der Waals surface area (Å²) in [6.07, 6.45) is 4.25. The molecule has 7 heteroatoms. The van der Waals surface area contributed by atoms with Gasteiger partial charge in [-0.25, -0.2) is 0 Å². The van der Waals surface area contributed by atoms with Crippen LogP contribution in [0.25, 0.3) is 0 Å². The van der Waals surface area contributed by atoms with Gasteiger partial charge in [-0.3, -0.25) is 9.52 Å². The van der Waals surface area contributed by atoms with Crippen molar-refractivity contribution in [3.8, 4) is 0 Å². The molecule has 2 saturated heterocycles. The molecule has 126 valence electrons. The lowest BCUT2D eigenvalue weighted by atomic mass is 10.1. The minimum Gasteiger partial charge on any atom is -0.312 e. The van der Waals surface area contributed by atoms with Gasteiger partial charge in [0.25, 0.3) is 0 Å². The lowest BCUT2D eigenvalue weighted by molar-refractivity contribution is -0.119. The van der Waals surface area contributed by atoms with Crippen LogP contribution in [0.4, 0.5) is 11.4 Å². The fourth-order valence-electron chi connectivity index (χ4n) is 3.29. The van der Waals surface area contributed by atoms with E-state index in [4.69, 9.17) is 0 Å². The van der Waals surface area contributed by atoms with Gasteiger partial charge in [0.15, 0.2) is 0 Å². The Morgan fingerprint density at radius 1 is 1.17 bits per heavy atom. The zero-order chi connectivity index (χ0) is 16.4. The van der Waals surface area contributed by atoms with E-state index in [-0.39, 0.29) is 11.9 Å². The minimum atomic E-state index is -3.54. The van der Waals surface area contributed by atoms with Crippen LogP contribution in [0, 0.1) is 0 Å². The van der Waals surface area contributed by atoms with E-state index in [0.717, 1.165) is 31.4 Å². The number of carbonyl (C=O) groups excluding carboxylic acids is 1. The molecule has 2 fully saturated rings. The number of anilines is 2. The number of amides is 1. The molecule has 1 unspecified atom stereocenters. The summed E-state index contributed by atoms with van der Waals surface area (Å²) in [6, 6.07) is 7.11.